The lowest BCUT2D eigenvalue weighted by Gasteiger charge is -2.35. The Hall–Kier alpha value is -2.86. The summed E-state index contributed by atoms with van der Waals surface area (Å²) in [7, 11) is 1.66. The maximum atomic E-state index is 12.9. The highest BCUT2D eigenvalue weighted by Crippen LogP contribution is 2.30. The quantitative estimate of drug-likeness (QED) is 0.780. The van der Waals surface area contributed by atoms with Crippen LogP contribution >= 0.6 is 0 Å². The first-order chi connectivity index (χ1) is 14.7. The average molecular weight is 408 g/mol. The molecule has 2 aliphatic rings. The van der Waals surface area contributed by atoms with Crippen LogP contribution in [0.3, 0.4) is 0 Å². The van der Waals surface area contributed by atoms with E-state index in [9.17, 15) is 9.59 Å². The number of ether oxygens (including phenoxy) is 2. The molecule has 0 aromatic heterocycles. The molecule has 0 saturated carbocycles. The number of carbonyl (C=O) groups excluding carboxylic acids is 2. The van der Waals surface area contributed by atoms with E-state index < -0.39 is 0 Å². The van der Waals surface area contributed by atoms with Gasteiger partial charge in [-0.3, -0.25) is 9.59 Å². The first kappa shape index (κ1) is 20.4. The first-order valence-corrected chi connectivity index (χ1v) is 10.6. The van der Waals surface area contributed by atoms with Crippen molar-refractivity contribution >= 4 is 11.8 Å². The smallest absolute Gasteiger partial charge is 0.253 e. The van der Waals surface area contributed by atoms with Gasteiger partial charge in [-0.1, -0.05) is 30.3 Å². The van der Waals surface area contributed by atoms with Crippen molar-refractivity contribution in [1.29, 1.82) is 0 Å². The van der Waals surface area contributed by atoms with E-state index in [0.29, 0.717) is 45.0 Å². The Morgan fingerprint density at radius 1 is 0.900 bits per heavy atom. The molecule has 0 N–H and O–H groups in total. The van der Waals surface area contributed by atoms with Crippen LogP contribution in [0.1, 0.15) is 23.2 Å². The highest BCUT2D eigenvalue weighted by atomic mass is 16.5. The molecule has 2 saturated heterocycles. The zero-order valence-corrected chi connectivity index (χ0v) is 17.4. The van der Waals surface area contributed by atoms with E-state index in [4.69, 9.17) is 9.47 Å². The van der Waals surface area contributed by atoms with Gasteiger partial charge < -0.3 is 19.3 Å². The molecule has 30 heavy (non-hydrogen) atoms. The largest absolute Gasteiger partial charge is 0.496 e. The van der Waals surface area contributed by atoms with Gasteiger partial charge in [-0.2, -0.15) is 0 Å². The topological polar surface area (TPSA) is 59.1 Å². The average Bonchev–Trinajstić information content (AvgIpc) is 2.84. The van der Waals surface area contributed by atoms with Crippen LogP contribution in [-0.2, 0) is 9.53 Å². The lowest BCUT2D eigenvalue weighted by Crippen LogP contribution is -2.47. The molecule has 2 fully saturated rings. The molecule has 2 aliphatic heterocycles. The number of benzene rings is 2. The van der Waals surface area contributed by atoms with Crippen molar-refractivity contribution in [2.24, 2.45) is 5.92 Å². The van der Waals surface area contributed by atoms with E-state index in [2.05, 4.69) is 0 Å². The van der Waals surface area contributed by atoms with Crippen molar-refractivity contribution in [3.63, 3.8) is 0 Å². The summed E-state index contributed by atoms with van der Waals surface area (Å²) in [4.78, 5) is 29.4. The monoisotopic (exact) mass is 408 g/mol. The molecule has 0 unspecified atom stereocenters. The number of piperidine rings is 1. The molecule has 2 aromatic rings. The summed E-state index contributed by atoms with van der Waals surface area (Å²) in [5.74, 6) is 1.06. The molecule has 0 atom stereocenters. The van der Waals surface area contributed by atoms with Gasteiger partial charge in [-0.25, -0.2) is 0 Å². The third-order valence-electron chi connectivity index (χ3n) is 6.00. The molecule has 0 radical (unpaired) electrons. The van der Waals surface area contributed by atoms with Crippen LogP contribution in [0.2, 0.25) is 0 Å². The standard InChI is InChI=1S/C24H28N2O4/c1-29-22-5-3-2-4-21(22)18-6-8-19(9-7-18)23(27)25-12-10-20(11-13-25)24(28)26-14-16-30-17-15-26/h2-9,20H,10-17H2,1H3. The minimum Gasteiger partial charge on any atom is -0.496 e. The van der Waals surface area contributed by atoms with Crippen molar-refractivity contribution < 1.29 is 19.1 Å². The molecule has 6 heteroatoms. The van der Waals surface area contributed by atoms with Crippen LogP contribution in [0.5, 0.6) is 5.75 Å². The number of hydrogen-bond donors (Lipinski definition) is 0. The van der Waals surface area contributed by atoms with Gasteiger partial charge in [-0.05, 0) is 36.6 Å². The molecule has 6 nitrogen and oxygen atoms in total. The van der Waals surface area contributed by atoms with Gasteiger partial charge in [0.05, 0.1) is 20.3 Å². The van der Waals surface area contributed by atoms with Gasteiger partial charge in [0.25, 0.3) is 5.91 Å². The molecule has 2 amide bonds. The second-order valence-corrected chi connectivity index (χ2v) is 7.78. The third-order valence-corrected chi connectivity index (χ3v) is 6.00. The van der Waals surface area contributed by atoms with Crippen molar-refractivity contribution in [2.75, 3.05) is 46.5 Å². The van der Waals surface area contributed by atoms with Crippen LogP contribution < -0.4 is 4.74 Å². The fraction of sp³-hybridized carbons (Fsp3) is 0.417. The summed E-state index contributed by atoms with van der Waals surface area (Å²) < 4.78 is 10.8. The highest BCUT2D eigenvalue weighted by molar-refractivity contribution is 5.95. The van der Waals surface area contributed by atoms with E-state index in [-0.39, 0.29) is 17.7 Å². The molecule has 0 spiro atoms. The van der Waals surface area contributed by atoms with Crippen LogP contribution in [0.4, 0.5) is 0 Å². The van der Waals surface area contributed by atoms with Crippen LogP contribution in [0, 0.1) is 5.92 Å². The maximum absolute atomic E-state index is 12.9. The van der Waals surface area contributed by atoms with Crippen LogP contribution in [0.15, 0.2) is 48.5 Å². The maximum Gasteiger partial charge on any atom is 0.253 e. The summed E-state index contributed by atoms with van der Waals surface area (Å²) in [5, 5.41) is 0. The highest BCUT2D eigenvalue weighted by Gasteiger charge is 2.31. The number of nitrogens with zero attached hydrogens (tertiary/aromatic N) is 2. The fourth-order valence-electron chi connectivity index (χ4n) is 4.23. The van der Waals surface area contributed by atoms with Crippen molar-refractivity contribution in [3.05, 3.63) is 54.1 Å². The van der Waals surface area contributed by atoms with Crippen LogP contribution in [-0.4, -0.2) is 68.1 Å². The van der Waals surface area contributed by atoms with Gasteiger partial charge >= 0.3 is 0 Å². The van der Waals surface area contributed by atoms with Crippen molar-refractivity contribution in [1.82, 2.24) is 9.80 Å². The van der Waals surface area contributed by atoms with Gasteiger partial charge in [0, 0.05) is 43.2 Å². The van der Waals surface area contributed by atoms with Gasteiger partial charge in [0.15, 0.2) is 0 Å². The predicted molar refractivity (Wildman–Crippen MR) is 114 cm³/mol. The number of para-hydroxylation sites is 1. The van der Waals surface area contributed by atoms with E-state index in [1.165, 1.54) is 0 Å². The molecule has 2 heterocycles. The Bertz CT molecular complexity index is 882. The molecular formula is C24H28N2O4. The number of methoxy groups -OCH3 is 1. The Kier molecular flexibility index (Phi) is 6.33. The summed E-state index contributed by atoms with van der Waals surface area (Å²) in [5.41, 5.74) is 2.69. The molecule has 4 rings (SSSR count). The molecule has 0 aliphatic carbocycles. The van der Waals surface area contributed by atoms with Crippen molar-refractivity contribution in [3.8, 4) is 16.9 Å². The number of carbonyl (C=O) groups is 2. The first-order valence-electron chi connectivity index (χ1n) is 10.6. The lowest BCUT2D eigenvalue weighted by atomic mass is 9.94. The minimum absolute atomic E-state index is 0.0140. The van der Waals surface area contributed by atoms with E-state index in [0.717, 1.165) is 29.7 Å². The summed E-state index contributed by atoms with van der Waals surface area (Å²) in [6.45, 7) is 3.83. The second-order valence-electron chi connectivity index (χ2n) is 7.78. The van der Waals surface area contributed by atoms with Crippen molar-refractivity contribution in [2.45, 2.75) is 12.8 Å². The lowest BCUT2D eigenvalue weighted by molar-refractivity contribution is -0.141. The number of amides is 2. The zero-order valence-electron chi connectivity index (χ0n) is 17.4. The fourth-order valence-corrected chi connectivity index (χ4v) is 4.23. The third kappa shape index (κ3) is 4.33. The molecular weight excluding hydrogens is 380 g/mol. The molecule has 0 bridgehead atoms. The number of hydrogen-bond acceptors (Lipinski definition) is 4. The Morgan fingerprint density at radius 2 is 1.57 bits per heavy atom. The van der Waals surface area contributed by atoms with Gasteiger partial charge in [0.2, 0.25) is 5.91 Å². The second kappa shape index (κ2) is 9.30. The summed E-state index contributed by atoms with van der Waals surface area (Å²) >= 11 is 0. The number of rotatable bonds is 4. The Balaban J connectivity index is 1.37. The SMILES string of the molecule is COc1ccccc1-c1ccc(C(=O)N2CCC(C(=O)N3CCOCC3)CC2)cc1. The molecule has 158 valence electrons. The van der Waals surface area contributed by atoms with E-state index in [1.54, 1.807) is 7.11 Å². The van der Waals surface area contributed by atoms with Gasteiger partial charge in [-0.15, -0.1) is 0 Å². The number of likely N-dealkylation sites (tertiary alicyclic amines) is 1. The Labute approximate surface area is 177 Å². The predicted octanol–water partition coefficient (Wildman–Crippen LogP) is 3.07. The Morgan fingerprint density at radius 3 is 2.23 bits per heavy atom. The van der Waals surface area contributed by atoms with E-state index >= 15 is 0 Å². The minimum atomic E-state index is 0.0140. The molecule has 2 aromatic carbocycles. The zero-order chi connectivity index (χ0) is 20.9. The normalized spacial score (nSPS) is 17.6. The summed E-state index contributed by atoms with van der Waals surface area (Å²) in [6, 6.07) is 15.5. The van der Waals surface area contributed by atoms with Gasteiger partial charge in [0.1, 0.15) is 5.75 Å². The number of morpholine rings is 1. The van der Waals surface area contributed by atoms with E-state index in [1.807, 2.05) is 58.3 Å². The summed E-state index contributed by atoms with van der Waals surface area (Å²) in [6.07, 6.45) is 1.45. The van der Waals surface area contributed by atoms with Crippen LogP contribution in [0.25, 0.3) is 11.1 Å².